The number of amides is 2. The molecule has 6 heteroatoms. The number of halogens is 1. The number of fused-ring (bicyclic) bond motifs is 1. The maximum absolute atomic E-state index is 12.8. The van der Waals surface area contributed by atoms with Gasteiger partial charge in [-0.2, -0.15) is 0 Å². The fourth-order valence-electron chi connectivity index (χ4n) is 4.73. The van der Waals surface area contributed by atoms with E-state index in [1.165, 1.54) is 0 Å². The van der Waals surface area contributed by atoms with Gasteiger partial charge in [0.25, 0.3) is 0 Å². The highest BCUT2D eigenvalue weighted by atomic mass is 35.5. The van der Waals surface area contributed by atoms with Crippen molar-refractivity contribution in [3.63, 3.8) is 0 Å². The number of benzene rings is 5. The predicted molar refractivity (Wildman–Crippen MR) is 159 cm³/mol. The molecular formula is C33H29ClN2O3. The van der Waals surface area contributed by atoms with Gasteiger partial charge in [0.2, 0.25) is 0 Å². The Morgan fingerprint density at radius 3 is 2.15 bits per heavy atom. The summed E-state index contributed by atoms with van der Waals surface area (Å²) in [4.78, 5) is 14.6. The van der Waals surface area contributed by atoms with Crippen LogP contribution >= 0.6 is 11.6 Å². The number of hydrogen-bond donors (Lipinski definition) is 3. The Hall–Kier alpha value is -4.48. The maximum Gasteiger partial charge on any atom is 0.322 e. The van der Waals surface area contributed by atoms with Gasteiger partial charge in [0.15, 0.2) is 0 Å². The van der Waals surface area contributed by atoms with E-state index < -0.39 is 0 Å². The Balaban J connectivity index is 1.37. The van der Waals surface area contributed by atoms with Crippen LogP contribution in [-0.2, 0) is 13.0 Å². The molecule has 5 nitrogen and oxygen atoms in total. The molecule has 0 saturated heterocycles. The number of phenolic OH excluding ortho intramolecular Hbond substituents is 2. The molecule has 0 aliphatic heterocycles. The third-order valence-electron chi connectivity index (χ3n) is 6.83. The SMILES string of the molecule is CCN(Cc1ccc(Cc2c(-c3ccc(O)cc3)ccc3cc(O)ccc23)cc1)C(=O)Nc1ccc(Cl)cc1. The molecule has 0 spiro atoms. The molecule has 3 N–H and O–H groups in total. The Bertz CT molecular complexity index is 1600. The Kier molecular flexibility index (Phi) is 7.71. The number of urea groups is 1. The first-order valence-corrected chi connectivity index (χ1v) is 13.2. The van der Waals surface area contributed by atoms with Gasteiger partial charge in [-0.25, -0.2) is 4.79 Å². The Labute approximate surface area is 232 Å². The molecule has 0 saturated carbocycles. The molecule has 0 unspecified atom stereocenters. The summed E-state index contributed by atoms with van der Waals surface area (Å²) in [5, 5.41) is 25.4. The van der Waals surface area contributed by atoms with Crippen molar-refractivity contribution >= 4 is 34.1 Å². The highest BCUT2D eigenvalue weighted by molar-refractivity contribution is 6.30. The van der Waals surface area contributed by atoms with Crippen molar-refractivity contribution in [3.05, 3.63) is 125 Å². The standard InChI is InChI=1S/C33H29ClN2O3/c1-2-36(33(39)35-27-12-10-26(34)11-13-27)21-23-5-3-22(4-6-23)19-32-30(24-7-14-28(37)15-8-24)17-9-25-20-29(38)16-18-31(25)32/h3-18,20,37-38H,2,19,21H2,1H3,(H,35,39). The molecule has 0 radical (unpaired) electrons. The van der Waals surface area contributed by atoms with E-state index in [0.717, 1.165) is 38.6 Å². The smallest absolute Gasteiger partial charge is 0.322 e. The molecule has 0 aliphatic carbocycles. The van der Waals surface area contributed by atoms with E-state index in [1.54, 1.807) is 53.4 Å². The third kappa shape index (κ3) is 6.16. The van der Waals surface area contributed by atoms with Crippen LogP contribution in [0.15, 0.2) is 103 Å². The lowest BCUT2D eigenvalue weighted by Gasteiger charge is -2.22. The van der Waals surface area contributed by atoms with Gasteiger partial charge in [-0.15, -0.1) is 0 Å². The van der Waals surface area contributed by atoms with Gasteiger partial charge in [-0.3, -0.25) is 0 Å². The van der Waals surface area contributed by atoms with Crippen molar-refractivity contribution in [3.8, 4) is 22.6 Å². The lowest BCUT2D eigenvalue weighted by atomic mass is 9.90. The topological polar surface area (TPSA) is 72.8 Å². The summed E-state index contributed by atoms with van der Waals surface area (Å²) >= 11 is 5.95. The summed E-state index contributed by atoms with van der Waals surface area (Å²) in [6.07, 6.45) is 0.688. The van der Waals surface area contributed by atoms with E-state index >= 15 is 0 Å². The molecule has 0 atom stereocenters. The second kappa shape index (κ2) is 11.5. The van der Waals surface area contributed by atoms with Crippen molar-refractivity contribution in [2.45, 2.75) is 19.9 Å². The van der Waals surface area contributed by atoms with Crippen molar-refractivity contribution in [2.75, 3.05) is 11.9 Å². The summed E-state index contributed by atoms with van der Waals surface area (Å²) in [6, 6.07) is 31.9. The lowest BCUT2D eigenvalue weighted by Crippen LogP contribution is -2.34. The van der Waals surface area contributed by atoms with E-state index in [4.69, 9.17) is 11.6 Å². The van der Waals surface area contributed by atoms with E-state index in [-0.39, 0.29) is 17.5 Å². The average Bonchev–Trinajstić information content (AvgIpc) is 2.94. The fraction of sp³-hybridized carbons (Fsp3) is 0.121. The first-order chi connectivity index (χ1) is 18.9. The molecule has 0 heterocycles. The van der Waals surface area contributed by atoms with Crippen LogP contribution in [0.4, 0.5) is 10.5 Å². The summed E-state index contributed by atoms with van der Waals surface area (Å²) in [5.41, 5.74) is 6.10. The molecule has 2 amide bonds. The molecule has 39 heavy (non-hydrogen) atoms. The summed E-state index contributed by atoms with van der Waals surface area (Å²) < 4.78 is 0. The predicted octanol–water partition coefficient (Wildman–Crippen LogP) is 8.22. The van der Waals surface area contributed by atoms with Crippen LogP contribution in [-0.4, -0.2) is 27.7 Å². The number of nitrogens with zero attached hydrogens (tertiary/aromatic N) is 1. The first kappa shape index (κ1) is 26.1. The van der Waals surface area contributed by atoms with Gasteiger partial charge in [0, 0.05) is 23.8 Å². The first-order valence-electron chi connectivity index (χ1n) is 12.8. The normalized spacial score (nSPS) is 10.9. The molecule has 0 bridgehead atoms. The Morgan fingerprint density at radius 1 is 0.795 bits per heavy atom. The highest BCUT2D eigenvalue weighted by Crippen LogP contribution is 2.34. The number of nitrogens with one attached hydrogen (secondary N) is 1. The quantitative estimate of drug-likeness (QED) is 0.196. The molecule has 5 aromatic rings. The number of aromatic hydroxyl groups is 2. The van der Waals surface area contributed by atoms with Crippen LogP contribution in [0.3, 0.4) is 0 Å². The van der Waals surface area contributed by atoms with E-state index in [0.29, 0.717) is 30.2 Å². The molecule has 0 aromatic heterocycles. The van der Waals surface area contributed by atoms with Crippen LogP contribution in [0.1, 0.15) is 23.6 Å². The minimum atomic E-state index is -0.165. The number of carbonyl (C=O) groups excluding carboxylic acids is 1. The van der Waals surface area contributed by atoms with Crippen molar-refractivity contribution in [1.82, 2.24) is 4.90 Å². The highest BCUT2D eigenvalue weighted by Gasteiger charge is 2.14. The molecule has 0 aliphatic rings. The molecule has 0 fully saturated rings. The van der Waals surface area contributed by atoms with Crippen LogP contribution in [0.5, 0.6) is 11.5 Å². The van der Waals surface area contributed by atoms with Crippen molar-refractivity contribution < 1.29 is 15.0 Å². The van der Waals surface area contributed by atoms with Gasteiger partial charge in [-0.05, 0) is 100 Å². The second-order valence-corrected chi connectivity index (χ2v) is 9.92. The molecule has 5 rings (SSSR count). The number of hydrogen-bond acceptors (Lipinski definition) is 3. The van der Waals surface area contributed by atoms with Gasteiger partial charge in [0.1, 0.15) is 11.5 Å². The fourth-order valence-corrected chi connectivity index (χ4v) is 4.86. The molecular weight excluding hydrogens is 508 g/mol. The summed E-state index contributed by atoms with van der Waals surface area (Å²) in [7, 11) is 0. The second-order valence-electron chi connectivity index (χ2n) is 9.49. The minimum Gasteiger partial charge on any atom is -0.508 e. The van der Waals surface area contributed by atoms with E-state index in [2.05, 4.69) is 35.6 Å². The maximum atomic E-state index is 12.8. The number of carbonyl (C=O) groups is 1. The number of rotatable bonds is 7. The summed E-state index contributed by atoms with van der Waals surface area (Å²) in [5.74, 6) is 0.459. The van der Waals surface area contributed by atoms with Gasteiger partial charge in [-0.1, -0.05) is 66.2 Å². The Morgan fingerprint density at radius 2 is 1.46 bits per heavy atom. The van der Waals surface area contributed by atoms with E-state index in [1.807, 2.05) is 31.2 Å². The van der Waals surface area contributed by atoms with Crippen molar-refractivity contribution in [2.24, 2.45) is 0 Å². The minimum absolute atomic E-state index is 0.165. The summed E-state index contributed by atoms with van der Waals surface area (Å²) in [6.45, 7) is 3.02. The zero-order chi connectivity index (χ0) is 27.4. The average molecular weight is 537 g/mol. The zero-order valence-corrected chi connectivity index (χ0v) is 22.3. The number of phenols is 2. The zero-order valence-electron chi connectivity index (χ0n) is 21.6. The van der Waals surface area contributed by atoms with Crippen LogP contribution in [0, 0.1) is 0 Å². The van der Waals surface area contributed by atoms with Gasteiger partial charge >= 0.3 is 6.03 Å². The van der Waals surface area contributed by atoms with Gasteiger partial charge in [0.05, 0.1) is 0 Å². The lowest BCUT2D eigenvalue weighted by molar-refractivity contribution is 0.212. The molecule has 196 valence electrons. The van der Waals surface area contributed by atoms with Crippen LogP contribution < -0.4 is 5.32 Å². The van der Waals surface area contributed by atoms with Crippen LogP contribution in [0.2, 0.25) is 5.02 Å². The third-order valence-corrected chi connectivity index (χ3v) is 7.09. The van der Waals surface area contributed by atoms with Crippen LogP contribution in [0.25, 0.3) is 21.9 Å². The monoisotopic (exact) mass is 536 g/mol. The number of anilines is 1. The largest absolute Gasteiger partial charge is 0.508 e. The van der Waals surface area contributed by atoms with Crippen molar-refractivity contribution in [1.29, 1.82) is 0 Å². The van der Waals surface area contributed by atoms with Gasteiger partial charge < -0.3 is 20.4 Å². The molecule has 5 aromatic carbocycles. The van der Waals surface area contributed by atoms with E-state index in [9.17, 15) is 15.0 Å².